The number of nitrogens with zero attached hydrogens (tertiary/aromatic N) is 2. The number of carbonyl (C=O) groups is 1. The molecule has 5 heteroatoms. The third kappa shape index (κ3) is 4.24. The number of anilines is 1. The fourth-order valence-electron chi connectivity index (χ4n) is 3.21. The lowest BCUT2D eigenvalue weighted by atomic mass is 10.1. The van der Waals surface area contributed by atoms with Gasteiger partial charge in [-0.3, -0.25) is 14.6 Å². The molecule has 1 aliphatic rings. The van der Waals surface area contributed by atoms with E-state index in [0.29, 0.717) is 0 Å². The van der Waals surface area contributed by atoms with E-state index in [4.69, 9.17) is 4.42 Å². The standard InChI is InChI=1S/C19H25N3O2/c1-2-18(19(23)20-16-7-4-3-5-8-16)22-12-10-21(11-13-22)15-17-9-6-14-24-17/h3-9,14,18H,2,10-13,15H2,1H3,(H,20,23)/t18-/m1/s1. The third-order valence-electron chi connectivity index (χ3n) is 4.54. The number of amides is 1. The molecule has 5 nitrogen and oxygen atoms in total. The van der Waals surface area contributed by atoms with Crippen LogP contribution in [0.3, 0.4) is 0 Å². The van der Waals surface area contributed by atoms with Gasteiger partial charge < -0.3 is 9.73 Å². The number of piperazine rings is 1. The molecule has 1 aliphatic heterocycles. The molecular weight excluding hydrogens is 302 g/mol. The smallest absolute Gasteiger partial charge is 0.241 e. The minimum Gasteiger partial charge on any atom is -0.468 e. The van der Waals surface area contributed by atoms with Gasteiger partial charge in [-0.25, -0.2) is 0 Å². The number of hydrogen-bond donors (Lipinski definition) is 1. The molecule has 0 saturated carbocycles. The molecule has 2 heterocycles. The Balaban J connectivity index is 1.52. The van der Waals surface area contributed by atoms with E-state index >= 15 is 0 Å². The van der Waals surface area contributed by atoms with Crippen LogP contribution in [0.5, 0.6) is 0 Å². The maximum absolute atomic E-state index is 12.6. The average Bonchev–Trinajstić information content (AvgIpc) is 3.11. The van der Waals surface area contributed by atoms with Crippen LogP contribution in [0.4, 0.5) is 5.69 Å². The van der Waals surface area contributed by atoms with Crippen LogP contribution in [-0.4, -0.2) is 47.9 Å². The molecule has 2 aromatic rings. The number of hydrogen-bond acceptors (Lipinski definition) is 4. The predicted octanol–water partition coefficient (Wildman–Crippen LogP) is 2.81. The van der Waals surface area contributed by atoms with Crippen LogP contribution >= 0.6 is 0 Å². The molecule has 1 aromatic heterocycles. The van der Waals surface area contributed by atoms with E-state index in [2.05, 4.69) is 22.0 Å². The molecule has 1 aromatic carbocycles. The monoisotopic (exact) mass is 327 g/mol. The van der Waals surface area contributed by atoms with Gasteiger partial charge in [-0.05, 0) is 30.7 Å². The number of carbonyl (C=O) groups excluding carboxylic acids is 1. The average molecular weight is 327 g/mol. The molecule has 1 atom stereocenters. The summed E-state index contributed by atoms with van der Waals surface area (Å²) in [4.78, 5) is 17.3. The van der Waals surface area contributed by atoms with Crippen LogP contribution < -0.4 is 5.32 Å². The summed E-state index contributed by atoms with van der Waals surface area (Å²) in [6, 6.07) is 13.5. The minimum atomic E-state index is -0.0732. The van der Waals surface area contributed by atoms with Crippen molar-refractivity contribution in [3.63, 3.8) is 0 Å². The zero-order valence-corrected chi connectivity index (χ0v) is 14.1. The van der Waals surface area contributed by atoms with Crippen LogP contribution in [0.2, 0.25) is 0 Å². The summed E-state index contributed by atoms with van der Waals surface area (Å²) in [7, 11) is 0. The first-order valence-corrected chi connectivity index (χ1v) is 8.61. The first-order valence-electron chi connectivity index (χ1n) is 8.61. The van der Waals surface area contributed by atoms with E-state index in [9.17, 15) is 4.79 Å². The van der Waals surface area contributed by atoms with Crippen molar-refractivity contribution in [1.29, 1.82) is 0 Å². The molecule has 24 heavy (non-hydrogen) atoms. The zero-order valence-electron chi connectivity index (χ0n) is 14.1. The van der Waals surface area contributed by atoms with Gasteiger partial charge in [-0.1, -0.05) is 25.1 Å². The molecule has 0 bridgehead atoms. The Morgan fingerprint density at radius 2 is 1.88 bits per heavy atom. The third-order valence-corrected chi connectivity index (χ3v) is 4.54. The molecule has 0 unspecified atom stereocenters. The number of para-hydroxylation sites is 1. The Kier molecular flexibility index (Phi) is 5.67. The Morgan fingerprint density at radius 1 is 1.12 bits per heavy atom. The SMILES string of the molecule is CC[C@H](C(=O)Nc1ccccc1)N1CCN(Cc2ccco2)CC1. The molecular formula is C19H25N3O2. The highest BCUT2D eigenvalue weighted by atomic mass is 16.3. The summed E-state index contributed by atoms with van der Waals surface area (Å²) < 4.78 is 5.42. The topological polar surface area (TPSA) is 48.7 Å². The van der Waals surface area contributed by atoms with Crippen molar-refractivity contribution >= 4 is 11.6 Å². The molecule has 1 fully saturated rings. The van der Waals surface area contributed by atoms with E-state index in [0.717, 1.165) is 50.6 Å². The van der Waals surface area contributed by atoms with Gasteiger partial charge in [0.25, 0.3) is 0 Å². The summed E-state index contributed by atoms with van der Waals surface area (Å²) in [5, 5.41) is 3.03. The van der Waals surface area contributed by atoms with Crippen molar-refractivity contribution < 1.29 is 9.21 Å². The number of benzene rings is 1. The lowest BCUT2D eigenvalue weighted by molar-refractivity contribution is -0.122. The van der Waals surface area contributed by atoms with Gasteiger partial charge in [0.05, 0.1) is 18.8 Å². The van der Waals surface area contributed by atoms with Crippen molar-refractivity contribution in [1.82, 2.24) is 9.80 Å². The van der Waals surface area contributed by atoms with Crippen molar-refractivity contribution in [3.05, 3.63) is 54.5 Å². The summed E-state index contributed by atoms with van der Waals surface area (Å²) >= 11 is 0. The molecule has 0 spiro atoms. The normalized spacial score (nSPS) is 17.5. The largest absolute Gasteiger partial charge is 0.468 e. The first-order chi connectivity index (χ1) is 11.8. The van der Waals surface area contributed by atoms with Gasteiger partial charge in [-0.2, -0.15) is 0 Å². The van der Waals surface area contributed by atoms with Crippen molar-refractivity contribution in [2.45, 2.75) is 25.9 Å². The van der Waals surface area contributed by atoms with Crippen molar-refractivity contribution in [3.8, 4) is 0 Å². The van der Waals surface area contributed by atoms with E-state index in [1.807, 2.05) is 42.5 Å². The van der Waals surface area contributed by atoms with Gasteiger partial charge in [-0.15, -0.1) is 0 Å². The molecule has 1 amide bonds. The molecule has 0 aliphatic carbocycles. The van der Waals surface area contributed by atoms with Gasteiger partial charge in [0.2, 0.25) is 5.91 Å². The van der Waals surface area contributed by atoms with Crippen LogP contribution in [0.1, 0.15) is 19.1 Å². The Bertz CT molecular complexity index is 619. The van der Waals surface area contributed by atoms with Gasteiger partial charge in [0.1, 0.15) is 5.76 Å². The summed E-state index contributed by atoms with van der Waals surface area (Å²) in [6.07, 6.45) is 2.53. The number of furan rings is 1. The fraction of sp³-hybridized carbons (Fsp3) is 0.421. The second-order valence-electron chi connectivity index (χ2n) is 6.17. The highest BCUT2D eigenvalue weighted by Crippen LogP contribution is 2.15. The summed E-state index contributed by atoms with van der Waals surface area (Å²) in [5.41, 5.74) is 0.859. The highest BCUT2D eigenvalue weighted by Gasteiger charge is 2.27. The van der Waals surface area contributed by atoms with Crippen molar-refractivity contribution in [2.75, 3.05) is 31.5 Å². The van der Waals surface area contributed by atoms with Gasteiger partial charge in [0.15, 0.2) is 0 Å². The highest BCUT2D eigenvalue weighted by molar-refractivity contribution is 5.94. The Hall–Kier alpha value is -2.11. The first kappa shape index (κ1) is 16.7. The lowest BCUT2D eigenvalue weighted by Gasteiger charge is -2.38. The lowest BCUT2D eigenvalue weighted by Crippen LogP contribution is -2.53. The van der Waals surface area contributed by atoms with E-state index < -0.39 is 0 Å². The Morgan fingerprint density at radius 3 is 2.50 bits per heavy atom. The predicted molar refractivity (Wildman–Crippen MR) is 94.7 cm³/mol. The van der Waals surface area contributed by atoms with Gasteiger partial charge >= 0.3 is 0 Å². The summed E-state index contributed by atoms with van der Waals surface area (Å²) in [5.74, 6) is 1.08. The van der Waals surface area contributed by atoms with Crippen molar-refractivity contribution in [2.24, 2.45) is 0 Å². The van der Waals surface area contributed by atoms with Crippen LogP contribution in [0.15, 0.2) is 53.1 Å². The number of rotatable bonds is 6. The Labute approximate surface area is 143 Å². The molecule has 128 valence electrons. The quantitative estimate of drug-likeness (QED) is 0.886. The zero-order chi connectivity index (χ0) is 16.8. The van der Waals surface area contributed by atoms with Crippen LogP contribution in [-0.2, 0) is 11.3 Å². The van der Waals surface area contributed by atoms with E-state index in [1.165, 1.54) is 0 Å². The maximum Gasteiger partial charge on any atom is 0.241 e. The van der Waals surface area contributed by atoms with E-state index in [1.54, 1.807) is 6.26 Å². The molecule has 1 N–H and O–H groups in total. The number of nitrogens with one attached hydrogen (secondary N) is 1. The second-order valence-corrected chi connectivity index (χ2v) is 6.17. The molecule has 1 saturated heterocycles. The maximum atomic E-state index is 12.6. The second kappa shape index (κ2) is 8.13. The van der Waals surface area contributed by atoms with Gasteiger partial charge in [0, 0.05) is 31.9 Å². The fourth-order valence-corrected chi connectivity index (χ4v) is 3.21. The molecule has 0 radical (unpaired) electrons. The minimum absolute atomic E-state index is 0.0732. The van der Waals surface area contributed by atoms with Crippen LogP contribution in [0.25, 0.3) is 0 Å². The molecule has 3 rings (SSSR count). The summed E-state index contributed by atoms with van der Waals surface area (Å²) in [6.45, 7) is 6.63. The van der Waals surface area contributed by atoms with Crippen LogP contribution in [0, 0.1) is 0 Å². The van der Waals surface area contributed by atoms with E-state index in [-0.39, 0.29) is 11.9 Å².